The lowest BCUT2D eigenvalue weighted by Gasteiger charge is -2.34. The third-order valence-electron chi connectivity index (χ3n) is 5.96. The number of para-hydroxylation sites is 1. The van der Waals surface area contributed by atoms with Gasteiger partial charge in [0.1, 0.15) is 11.6 Å². The summed E-state index contributed by atoms with van der Waals surface area (Å²) in [6, 6.07) is 14.5. The lowest BCUT2D eigenvalue weighted by molar-refractivity contribution is 0.822. The van der Waals surface area contributed by atoms with E-state index in [1.165, 1.54) is 4.90 Å². The van der Waals surface area contributed by atoms with Gasteiger partial charge in [0.25, 0.3) is 11.1 Å². The first-order valence-electron chi connectivity index (χ1n) is 10.3. The third kappa shape index (κ3) is 2.94. The maximum atomic E-state index is 13.2. The van der Waals surface area contributed by atoms with Crippen molar-refractivity contribution >= 4 is 44.2 Å². The molecule has 168 valence electrons. The van der Waals surface area contributed by atoms with E-state index in [1.54, 1.807) is 30.5 Å². The summed E-state index contributed by atoms with van der Waals surface area (Å²) in [4.78, 5) is 65.9. The maximum absolute atomic E-state index is 13.2. The minimum Gasteiger partial charge on any atom is -0.361 e. The van der Waals surface area contributed by atoms with E-state index in [1.807, 2.05) is 24.3 Å². The average Bonchev–Trinajstić information content (AvgIpc) is 3.22. The summed E-state index contributed by atoms with van der Waals surface area (Å²) in [5.74, 6) is -0.533. The van der Waals surface area contributed by atoms with Crippen molar-refractivity contribution in [2.45, 2.75) is 5.92 Å². The van der Waals surface area contributed by atoms with Crippen LogP contribution in [0.2, 0.25) is 0 Å². The van der Waals surface area contributed by atoms with Gasteiger partial charge in [-0.3, -0.25) is 34.4 Å². The van der Waals surface area contributed by atoms with Crippen LogP contribution >= 0.6 is 15.9 Å². The minimum atomic E-state index is -0.867. The number of aromatic nitrogens is 5. The van der Waals surface area contributed by atoms with Gasteiger partial charge in [0.2, 0.25) is 0 Å². The highest BCUT2D eigenvalue weighted by Gasteiger charge is 2.39. The highest BCUT2D eigenvalue weighted by atomic mass is 79.9. The van der Waals surface area contributed by atoms with E-state index in [-0.39, 0.29) is 22.8 Å². The molecular formula is C23H15BrN6O4. The van der Waals surface area contributed by atoms with E-state index < -0.39 is 28.4 Å². The molecule has 2 aromatic carbocycles. The van der Waals surface area contributed by atoms with Crippen LogP contribution in [0.25, 0.3) is 10.9 Å². The van der Waals surface area contributed by atoms with Crippen LogP contribution in [0.4, 0.5) is 17.3 Å². The van der Waals surface area contributed by atoms with Crippen molar-refractivity contribution in [1.82, 2.24) is 24.9 Å². The van der Waals surface area contributed by atoms with Crippen LogP contribution in [0.5, 0.6) is 0 Å². The van der Waals surface area contributed by atoms with E-state index in [0.29, 0.717) is 11.3 Å². The number of rotatable bonds is 2. The normalized spacial score (nSPS) is 13.1. The SMILES string of the molecule is O=c1[nH]c2c(c(=O)[nH]1)C(c1c[nH]c3ccccc13)c1c([nH]c(=O)[nH]c1=O)N2c1ccc(Br)cc1. The minimum absolute atomic E-state index is 0.167. The zero-order valence-electron chi connectivity index (χ0n) is 17.2. The van der Waals surface area contributed by atoms with E-state index in [9.17, 15) is 19.2 Å². The molecule has 5 aromatic rings. The molecule has 0 aliphatic carbocycles. The Kier molecular flexibility index (Phi) is 4.36. The fraction of sp³-hybridized carbons (Fsp3) is 0.0435. The number of benzene rings is 2. The van der Waals surface area contributed by atoms with E-state index in [0.717, 1.165) is 15.4 Å². The van der Waals surface area contributed by atoms with Crippen molar-refractivity contribution in [2.75, 3.05) is 4.90 Å². The second-order valence-corrected chi connectivity index (χ2v) is 8.79. The first-order chi connectivity index (χ1) is 16.4. The summed E-state index contributed by atoms with van der Waals surface area (Å²) >= 11 is 3.39. The molecule has 0 atom stereocenters. The Bertz CT molecular complexity index is 1750. The van der Waals surface area contributed by atoms with Crippen LogP contribution in [-0.4, -0.2) is 24.9 Å². The Labute approximate surface area is 197 Å². The number of anilines is 3. The van der Waals surface area contributed by atoms with Gasteiger partial charge in [0.05, 0.1) is 17.0 Å². The van der Waals surface area contributed by atoms with Crippen LogP contribution in [0.1, 0.15) is 22.6 Å². The number of fused-ring (bicyclic) bond motifs is 3. The highest BCUT2D eigenvalue weighted by Crippen LogP contribution is 2.47. The second-order valence-electron chi connectivity index (χ2n) is 7.88. The summed E-state index contributed by atoms with van der Waals surface area (Å²) < 4.78 is 0.809. The molecule has 1 aliphatic heterocycles. The highest BCUT2D eigenvalue weighted by molar-refractivity contribution is 9.10. The molecule has 0 radical (unpaired) electrons. The molecule has 4 heterocycles. The lowest BCUT2D eigenvalue weighted by atomic mass is 9.83. The fourth-order valence-corrected chi connectivity index (χ4v) is 4.87. The number of hydrogen-bond acceptors (Lipinski definition) is 5. The summed E-state index contributed by atoms with van der Waals surface area (Å²) in [5, 5.41) is 0.803. The predicted octanol–water partition coefficient (Wildman–Crippen LogP) is 2.65. The summed E-state index contributed by atoms with van der Waals surface area (Å²) in [5.41, 5.74) is -0.320. The molecule has 0 saturated heterocycles. The van der Waals surface area contributed by atoms with Crippen molar-refractivity contribution in [3.8, 4) is 0 Å². The molecule has 0 unspecified atom stereocenters. The zero-order chi connectivity index (χ0) is 23.6. The van der Waals surface area contributed by atoms with Crippen molar-refractivity contribution < 1.29 is 0 Å². The fourth-order valence-electron chi connectivity index (χ4n) is 4.60. The summed E-state index contributed by atoms with van der Waals surface area (Å²) in [6.45, 7) is 0. The quantitative estimate of drug-likeness (QED) is 0.238. The molecule has 10 nitrogen and oxygen atoms in total. The van der Waals surface area contributed by atoms with Gasteiger partial charge in [-0.15, -0.1) is 0 Å². The number of nitrogens with zero attached hydrogens (tertiary/aromatic N) is 1. The maximum Gasteiger partial charge on any atom is 0.327 e. The van der Waals surface area contributed by atoms with Crippen molar-refractivity contribution in [1.29, 1.82) is 0 Å². The Hall–Kier alpha value is -4.38. The van der Waals surface area contributed by atoms with Gasteiger partial charge in [-0.1, -0.05) is 34.1 Å². The first kappa shape index (κ1) is 20.2. The van der Waals surface area contributed by atoms with Crippen LogP contribution in [-0.2, 0) is 0 Å². The third-order valence-corrected chi connectivity index (χ3v) is 6.49. The van der Waals surface area contributed by atoms with Gasteiger partial charge in [0.15, 0.2) is 0 Å². The predicted molar refractivity (Wildman–Crippen MR) is 131 cm³/mol. The Morgan fingerprint density at radius 3 is 1.94 bits per heavy atom. The average molecular weight is 519 g/mol. The number of hydrogen-bond donors (Lipinski definition) is 5. The molecule has 5 N–H and O–H groups in total. The van der Waals surface area contributed by atoms with E-state index in [4.69, 9.17) is 0 Å². The van der Waals surface area contributed by atoms with Crippen molar-refractivity contribution in [3.05, 3.63) is 118 Å². The summed E-state index contributed by atoms with van der Waals surface area (Å²) in [7, 11) is 0. The topological polar surface area (TPSA) is 150 Å². The number of aromatic amines is 5. The van der Waals surface area contributed by atoms with Crippen LogP contribution in [0.15, 0.2) is 78.4 Å². The first-order valence-corrected chi connectivity index (χ1v) is 11.1. The molecule has 0 fully saturated rings. The monoisotopic (exact) mass is 518 g/mol. The Morgan fingerprint density at radius 1 is 0.735 bits per heavy atom. The van der Waals surface area contributed by atoms with Crippen molar-refractivity contribution in [2.24, 2.45) is 0 Å². The van der Waals surface area contributed by atoms with Gasteiger partial charge in [-0.25, -0.2) is 9.59 Å². The molecule has 0 bridgehead atoms. The van der Waals surface area contributed by atoms with E-state index >= 15 is 0 Å². The largest absolute Gasteiger partial charge is 0.361 e. The number of H-pyrrole nitrogens is 5. The van der Waals surface area contributed by atoms with Gasteiger partial charge in [0, 0.05) is 27.3 Å². The van der Waals surface area contributed by atoms with Crippen LogP contribution in [0.3, 0.4) is 0 Å². The molecule has 0 spiro atoms. The number of nitrogens with one attached hydrogen (secondary N) is 5. The van der Waals surface area contributed by atoms with Crippen LogP contribution in [0, 0.1) is 0 Å². The molecule has 0 amide bonds. The molecular weight excluding hydrogens is 504 g/mol. The second kappa shape index (κ2) is 7.32. The van der Waals surface area contributed by atoms with Gasteiger partial charge >= 0.3 is 11.4 Å². The Balaban J connectivity index is 1.77. The molecule has 34 heavy (non-hydrogen) atoms. The van der Waals surface area contributed by atoms with E-state index in [2.05, 4.69) is 40.8 Å². The Morgan fingerprint density at radius 2 is 1.32 bits per heavy atom. The molecule has 1 aliphatic rings. The van der Waals surface area contributed by atoms with Gasteiger partial charge in [-0.2, -0.15) is 0 Å². The zero-order valence-corrected chi connectivity index (χ0v) is 18.8. The van der Waals surface area contributed by atoms with Gasteiger partial charge in [-0.05, 0) is 35.9 Å². The standard InChI is InChI=1S/C23H15BrN6O4/c24-10-5-7-11(8-6-10)30-18-16(20(31)28-22(33)26-18)15(17-19(30)27-23(34)29-21(17)32)13-9-25-14-4-2-1-3-12(13)14/h1-9,15,25H,(H2,26,28,31,33)(H2,27,29,32,34). The summed E-state index contributed by atoms with van der Waals surface area (Å²) in [6.07, 6.45) is 1.73. The molecule has 3 aromatic heterocycles. The molecule has 11 heteroatoms. The lowest BCUT2D eigenvalue weighted by Crippen LogP contribution is -2.40. The van der Waals surface area contributed by atoms with Gasteiger partial charge < -0.3 is 4.98 Å². The van der Waals surface area contributed by atoms with Crippen LogP contribution < -0.4 is 27.4 Å². The molecule has 6 rings (SSSR count). The smallest absolute Gasteiger partial charge is 0.327 e. The van der Waals surface area contributed by atoms with Crippen molar-refractivity contribution in [3.63, 3.8) is 0 Å². The number of halogens is 1. The molecule has 0 saturated carbocycles.